The molecule has 2 rings (SSSR count). The molecule has 0 aliphatic heterocycles. The van der Waals surface area contributed by atoms with E-state index >= 15 is 0 Å². The summed E-state index contributed by atoms with van der Waals surface area (Å²) in [6.45, 7) is 5.33. The van der Waals surface area contributed by atoms with Crippen LogP contribution in [0.1, 0.15) is 17.0 Å². The number of hydrogen-bond donors (Lipinski definition) is 2. The van der Waals surface area contributed by atoms with Gasteiger partial charge in [-0.1, -0.05) is 0 Å². The van der Waals surface area contributed by atoms with Crippen LogP contribution in [0.2, 0.25) is 0 Å². The Labute approximate surface area is 105 Å². The number of rotatable bonds is 2. The van der Waals surface area contributed by atoms with Crippen molar-refractivity contribution in [2.45, 2.75) is 20.8 Å². The molecule has 0 amide bonds. The van der Waals surface area contributed by atoms with Gasteiger partial charge in [-0.25, -0.2) is 14.4 Å². The average Bonchev–Trinajstić information content (AvgIpc) is 2.30. The fourth-order valence-electron chi connectivity index (χ4n) is 1.63. The van der Waals surface area contributed by atoms with Crippen LogP contribution in [0.4, 0.5) is 21.7 Å². The van der Waals surface area contributed by atoms with E-state index < -0.39 is 0 Å². The predicted molar refractivity (Wildman–Crippen MR) is 70.3 cm³/mol. The minimum Gasteiger partial charge on any atom is -0.383 e. The fourth-order valence-corrected chi connectivity index (χ4v) is 1.63. The second-order valence-electron chi connectivity index (χ2n) is 4.22. The van der Waals surface area contributed by atoms with Crippen LogP contribution in [0, 0.1) is 26.6 Å². The van der Waals surface area contributed by atoms with Gasteiger partial charge in [-0.05, 0) is 44.5 Å². The van der Waals surface area contributed by atoms with E-state index in [0.717, 1.165) is 11.3 Å². The molecule has 0 atom stereocenters. The van der Waals surface area contributed by atoms with Crippen molar-refractivity contribution in [3.05, 3.63) is 41.0 Å². The molecule has 0 fully saturated rings. The zero-order valence-corrected chi connectivity index (χ0v) is 10.6. The van der Waals surface area contributed by atoms with E-state index in [-0.39, 0.29) is 5.82 Å². The van der Waals surface area contributed by atoms with Crippen LogP contribution >= 0.6 is 0 Å². The van der Waals surface area contributed by atoms with E-state index in [2.05, 4.69) is 15.3 Å². The molecule has 0 saturated carbocycles. The van der Waals surface area contributed by atoms with E-state index in [9.17, 15) is 4.39 Å². The zero-order valence-electron chi connectivity index (χ0n) is 10.6. The van der Waals surface area contributed by atoms with Crippen molar-refractivity contribution < 1.29 is 4.39 Å². The normalized spacial score (nSPS) is 10.4. The molecular formula is C13H15FN4. The van der Waals surface area contributed by atoms with Crippen molar-refractivity contribution in [2.75, 3.05) is 11.1 Å². The zero-order chi connectivity index (χ0) is 13.3. The van der Waals surface area contributed by atoms with Gasteiger partial charge in [0.05, 0.1) is 0 Å². The molecule has 0 saturated heterocycles. The summed E-state index contributed by atoms with van der Waals surface area (Å²) in [5.41, 5.74) is 7.91. The van der Waals surface area contributed by atoms with Gasteiger partial charge in [0.1, 0.15) is 23.3 Å². The summed E-state index contributed by atoms with van der Waals surface area (Å²) in [7, 11) is 0. The molecular weight excluding hydrogens is 231 g/mol. The van der Waals surface area contributed by atoms with E-state index in [4.69, 9.17) is 5.73 Å². The summed E-state index contributed by atoms with van der Waals surface area (Å²) in [4.78, 5) is 8.36. The predicted octanol–water partition coefficient (Wildman–Crippen LogP) is 2.87. The highest BCUT2D eigenvalue weighted by molar-refractivity contribution is 5.64. The topological polar surface area (TPSA) is 63.8 Å². The summed E-state index contributed by atoms with van der Waals surface area (Å²) < 4.78 is 13.2. The largest absolute Gasteiger partial charge is 0.383 e. The molecule has 1 aromatic heterocycles. The highest BCUT2D eigenvalue weighted by Crippen LogP contribution is 2.22. The number of benzene rings is 1. The summed E-state index contributed by atoms with van der Waals surface area (Å²) in [5, 5.41) is 3.12. The van der Waals surface area contributed by atoms with Gasteiger partial charge in [0.25, 0.3) is 0 Å². The summed E-state index contributed by atoms with van der Waals surface area (Å²) in [6.07, 6.45) is 0. The minimum absolute atomic E-state index is 0.226. The summed E-state index contributed by atoms with van der Waals surface area (Å²) >= 11 is 0. The van der Waals surface area contributed by atoms with Gasteiger partial charge in [-0.15, -0.1) is 0 Å². The maximum Gasteiger partial charge on any atom is 0.139 e. The first-order valence-corrected chi connectivity index (χ1v) is 5.61. The summed E-state index contributed by atoms with van der Waals surface area (Å²) in [6, 6.07) is 4.81. The van der Waals surface area contributed by atoms with Crippen LogP contribution in [-0.2, 0) is 0 Å². The number of nitrogen functional groups attached to an aromatic ring is 1. The Morgan fingerprint density at radius 2 is 1.89 bits per heavy atom. The molecule has 0 aliphatic carbocycles. The molecule has 0 unspecified atom stereocenters. The lowest BCUT2D eigenvalue weighted by Crippen LogP contribution is -2.05. The first kappa shape index (κ1) is 12.3. The Morgan fingerprint density at radius 1 is 1.17 bits per heavy atom. The van der Waals surface area contributed by atoms with Crippen LogP contribution < -0.4 is 11.1 Å². The van der Waals surface area contributed by atoms with Crippen LogP contribution in [-0.4, -0.2) is 9.97 Å². The van der Waals surface area contributed by atoms with Crippen LogP contribution in [0.5, 0.6) is 0 Å². The lowest BCUT2D eigenvalue weighted by Gasteiger charge is -2.11. The number of nitrogens with one attached hydrogen (secondary N) is 1. The third-order valence-electron chi connectivity index (χ3n) is 2.72. The fraction of sp³-hybridized carbons (Fsp3) is 0.231. The molecule has 5 heteroatoms. The number of aryl methyl sites for hydroxylation is 2. The highest BCUT2D eigenvalue weighted by Gasteiger charge is 2.07. The van der Waals surface area contributed by atoms with Crippen molar-refractivity contribution in [3.63, 3.8) is 0 Å². The van der Waals surface area contributed by atoms with Crippen LogP contribution in [0.3, 0.4) is 0 Å². The maximum atomic E-state index is 13.2. The smallest absolute Gasteiger partial charge is 0.139 e. The second-order valence-corrected chi connectivity index (χ2v) is 4.22. The Morgan fingerprint density at radius 3 is 2.56 bits per heavy atom. The van der Waals surface area contributed by atoms with Gasteiger partial charge in [0, 0.05) is 11.3 Å². The Bertz CT molecular complexity index is 596. The first-order valence-electron chi connectivity index (χ1n) is 5.61. The lowest BCUT2D eigenvalue weighted by molar-refractivity contribution is 0.619. The quantitative estimate of drug-likeness (QED) is 0.855. The van der Waals surface area contributed by atoms with E-state index in [1.807, 2.05) is 6.92 Å². The molecule has 0 aliphatic rings. The van der Waals surface area contributed by atoms with Gasteiger partial charge in [0.15, 0.2) is 0 Å². The van der Waals surface area contributed by atoms with E-state index in [1.165, 1.54) is 6.07 Å². The molecule has 3 N–H and O–H groups in total. The number of nitrogens with two attached hydrogens (primary N) is 1. The number of nitrogens with zero attached hydrogens (tertiary/aromatic N) is 2. The van der Waals surface area contributed by atoms with Crippen molar-refractivity contribution in [2.24, 2.45) is 0 Å². The average molecular weight is 246 g/mol. The van der Waals surface area contributed by atoms with Gasteiger partial charge in [-0.3, -0.25) is 0 Å². The molecule has 94 valence electrons. The molecule has 1 aromatic carbocycles. The Balaban J connectivity index is 2.36. The number of halogens is 1. The maximum absolute atomic E-state index is 13.2. The van der Waals surface area contributed by atoms with Gasteiger partial charge >= 0.3 is 0 Å². The Hall–Kier alpha value is -2.17. The monoisotopic (exact) mass is 246 g/mol. The molecule has 0 bridgehead atoms. The van der Waals surface area contributed by atoms with Crippen molar-refractivity contribution >= 4 is 17.3 Å². The van der Waals surface area contributed by atoms with Crippen molar-refractivity contribution in [1.29, 1.82) is 0 Å². The Kier molecular flexibility index (Phi) is 3.14. The minimum atomic E-state index is -0.226. The van der Waals surface area contributed by atoms with Crippen LogP contribution in [0.15, 0.2) is 18.2 Å². The number of aromatic nitrogens is 2. The molecule has 18 heavy (non-hydrogen) atoms. The standard InChI is InChI=1S/C13H15FN4/c1-7-6-10(4-5-11(7)14)18-13-8(2)12(15)16-9(3)17-13/h4-6H,1-3H3,(H3,15,16,17,18). The highest BCUT2D eigenvalue weighted by atomic mass is 19.1. The second kappa shape index (κ2) is 4.60. The number of anilines is 3. The molecule has 1 heterocycles. The lowest BCUT2D eigenvalue weighted by atomic mass is 10.2. The summed E-state index contributed by atoms with van der Waals surface area (Å²) in [5.74, 6) is 1.46. The van der Waals surface area contributed by atoms with Gasteiger partial charge in [0.2, 0.25) is 0 Å². The molecule has 4 nitrogen and oxygen atoms in total. The molecule has 0 spiro atoms. The first-order chi connectivity index (χ1) is 8.47. The third-order valence-corrected chi connectivity index (χ3v) is 2.72. The van der Waals surface area contributed by atoms with E-state index in [1.54, 1.807) is 26.0 Å². The third kappa shape index (κ3) is 2.40. The van der Waals surface area contributed by atoms with Crippen molar-refractivity contribution in [3.8, 4) is 0 Å². The molecule has 0 radical (unpaired) electrons. The van der Waals surface area contributed by atoms with Crippen molar-refractivity contribution in [1.82, 2.24) is 9.97 Å². The van der Waals surface area contributed by atoms with E-state index in [0.29, 0.717) is 23.0 Å². The molecule has 2 aromatic rings. The van der Waals surface area contributed by atoms with Gasteiger partial charge < -0.3 is 11.1 Å². The van der Waals surface area contributed by atoms with Crippen LogP contribution in [0.25, 0.3) is 0 Å². The van der Waals surface area contributed by atoms with Gasteiger partial charge in [-0.2, -0.15) is 0 Å². The SMILES string of the molecule is Cc1nc(N)c(C)c(Nc2ccc(F)c(C)c2)n1. The number of hydrogen-bond acceptors (Lipinski definition) is 4.